The Morgan fingerprint density at radius 1 is 1.14 bits per heavy atom. The van der Waals surface area contributed by atoms with E-state index >= 15 is 0 Å². The highest BCUT2D eigenvalue weighted by Gasteiger charge is 2.47. The molecule has 2 fully saturated rings. The van der Waals surface area contributed by atoms with Crippen LogP contribution in [0.1, 0.15) is 48.7 Å². The average molecular weight is 606 g/mol. The first-order valence-corrected chi connectivity index (χ1v) is 15.6. The summed E-state index contributed by atoms with van der Waals surface area (Å²) >= 11 is 1.56. The lowest BCUT2D eigenvalue weighted by Crippen LogP contribution is -2.52. The molecule has 230 valence electrons. The van der Waals surface area contributed by atoms with Crippen molar-refractivity contribution < 1.29 is 19.4 Å². The number of hydrogen-bond donors (Lipinski definition) is 1. The van der Waals surface area contributed by atoms with Crippen LogP contribution in [0.25, 0.3) is 0 Å². The summed E-state index contributed by atoms with van der Waals surface area (Å²) in [6.07, 6.45) is 3.59. The summed E-state index contributed by atoms with van der Waals surface area (Å²) in [4.78, 5) is 41.2. The zero-order chi connectivity index (χ0) is 31.0. The Kier molecular flexibility index (Phi) is 11.2. The molecule has 0 spiro atoms. The number of benzene rings is 2. The molecule has 4 rings (SSSR count). The molecule has 2 heterocycles. The van der Waals surface area contributed by atoms with Gasteiger partial charge in [0.15, 0.2) is 0 Å². The third kappa shape index (κ3) is 8.34. The predicted molar refractivity (Wildman–Crippen MR) is 174 cm³/mol. The first-order chi connectivity index (χ1) is 20.6. The Labute approximate surface area is 259 Å². The largest absolute Gasteiger partial charge is 0.478 e. The number of amides is 2. The van der Waals surface area contributed by atoms with Crippen molar-refractivity contribution in [3.63, 3.8) is 0 Å². The van der Waals surface area contributed by atoms with E-state index in [0.717, 1.165) is 36.4 Å². The minimum absolute atomic E-state index is 0.0169. The Morgan fingerprint density at radius 3 is 2.42 bits per heavy atom. The molecule has 43 heavy (non-hydrogen) atoms. The molecular formula is C33H43N5O4S. The molecule has 1 N–H and O–H groups in total. The number of thioether (sulfide) groups is 1. The molecule has 0 bridgehead atoms. The number of carbonyl (C=O) groups excluding carboxylic acids is 1. The van der Waals surface area contributed by atoms with Crippen molar-refractivity contribution in [3.05, 3.63) is 77.9 Å². The van der Waals surface area contributed by atoms with E-state index in [1.54, 1.807) is 56.4 Å². The van der Waals surface area contributed by atoms with E-state index in [1.807, 2.05) is 23.1 Å². The Hall–Kier alpha value is -3.47. The minimum atomic E-state index is -0.936. The van der Waals surface area contributed by atoms with Gasteiger partial charge in [0.1, 0.15) is 5.84 Å². The van der Waals surface area contributed by atoms with E-state index < -0.39 is 11.5 Å². The monoisotopic (exact) mass is 605 g/mol. The number of carboxylic acid groups (broad SMARTS) is 1. The summed E-state index contributed by atoms with van der Waals surface area (Å²) in [7, 11) is 3.40. The average Bonchev–Trinajstić information content (AvgIpc) is 3.36. The standard InChI is InChI=1S/C33H43N5O4S/c1-24(19-35-30(34-4)22-43-28-13-11-26(12-14-28)31(39)40)20-36-17-15-27(16-18-36)38-29(25-9-7-6-8-10-25)21-37(32(38)41)33(2,3)23-42-5/h6-14,19,27,29H,1,15-18,20-23H2,2-5H3,(H,39,40)/t29-/m0/s1. The molecule has 0 aliphatic carbocycles. The molecule has 2 aliphatic rings. The second kappa shape index (κ2) is 14.8. The van der Waals surface area contributed by atoms with Gasteiger partial charge in [-0.25, -0.2) is 14.6 Å². The van der Waals surface area contributed by atoms with Crippen LogP contribution in [0.3, 0.4) is 0 Å². The van der Waals surface area contributed by atoms with E-state index in [1.165, 1.54) is 5.56 Å². The van der Waals surface area contributed by atoms with Crippen LogP contribution >= 0.6 is 11.8 Å². The molecule has 10 heteroatoms. The van der Waals surface area contributed by atoms with Crippen LogP contribution in [0.2, 0.25) is 0 Å². The van der Waals surface area contributed by atoms with Crippen molar-refractivity contribution in [1.82, 2.24) is 14.7 Å². The van der Waals surface area contributed by atoms with Crippen molar-refractivity contribution in [2.24, 2.45) is 9.98 Å². The molecule has 0 unspecified atom stereocenters. The summed E-state index contributed by atoms with van der Waals surface area (Å²) in [5.74, 6) is 0.324. The number of likely N-dealkylation sites (tertiary alicyclic amines) is 1. The second-order valence-corrected chi connectivity index (χ2v) is 12.7. The normalized spacial score (nSPS) is 19.0. The van der Waals surface area contributed by atoms with E-state index in [9.17, 15) is 9.59 Å². The Bertz CT molecular complexity index is 1320. The van der Waals surface area contributed by atoms with Crippen molar-refractivity contribution in [1.29, 1.82) is 0 Å². The first kappa shape index (κ1) is 32.4. The summed E-state index contributed by atoms with van der Waals surface area (Å²) < 4.78 is 5.46. The number of hydrogen-bond acceptors (Lipinski definition) is 6. The molecule has 9 nitrogen and oxygen atoms in total. The lowest BCUT2D eigenvalue weighted by Gasteiger charge is -2.39. The highest BCUT2D eigenvalue weighted by atomic mass is 32.2. The van der Waals surface area contributed by atoms with Crippen LogP contribution in [-0.2, 0) is 4.74 Å². The number of piperidine rings is 1. The fourth-order valence-corrected chi connectivity index (χ4v) is 6.58. The van der Waals surface area contributed by atoms with Gasteiger partial charge in [-0.05, 0) is 62.1 Å². The highest BCUT2D eigenvalue weighted by molar-refractivity contribution is 8.00. The third-order valence-electron chi connectivity index (χ3n) is 8.06. The molecule has 2 saturated heterocycles. The van der Waals surface area contributed by atoms with Gasteiger partial charge < -0.3 is 19.6 Å². The Balaban J connectivity index is 1.31. The van der Waals surface area contributed by atoms with E-state index in [4.69, 9.17) is 9.84 Å². The van der Waals surface area contributed by atoms with Gasteiger partial charge in [-0.15, -0.1) is 11.8 Å². The molecule has 0 aromatic heterocycles. The molecule has 2 amide bonds. The number of amidine groups is 1. The van der Waals surface area contributed by atoms with Gasteiger partial charge >= 0.3 is 12.0 Å². The summed E-state index contributed by atoms with van der Waals surface area (Å²) in [6.45, 7) is 12.0. The van der Waals surface area contributed by atoms with E-state index in [-0.39, 0.29) is 23.7 Å². The van der Waals surface area contributed by atoms with Crippen molar-refractivity contribution in [3.8, 4) is 0 Å². The maximum Gasteiger partial charge on any atom is 0.335 e. The van der Waals surface area contributed by atoms with Gasteiger partial charge in [-0.1, -0.05) is 36.9 Å². The molecule has 2 aromatic carbocycles. The lowest BCUT2D eigenvalue weighted by atomic mass is 9.98. The summed E-state index contributed by atoms with van der Waals surface area (Å²) in [5, 5.41) is 9.07. The van der Waals surface area contributed by atoms with Crippen LogP contribution in [0.15, 0.2) is 81.6 Å². The number of rotatable bonds is 12. The molecule has 1 atom stereocenters. The maximum atomic E-state index is 13.8. The van der Waals surface area contributed by atoms with Crippen LogP contribution < -0.4 is 0 Å². The highest BCUT2D eigenvalue weighted by Crippen LogP contribution is 2.38. The van der Waals surface area contributed by atoms with Crippen LogP contribution in [-0.4, -0.2) is 108 Å². The number of nitrogens with zero attached hydrogens (tertiary/aromatic N) is 5. The molecule has 0 saturated carbocycles. The fraction of sp³-hybridized carbons (Fsp3) is 0.455. The molecule has 2 aromatic rings. The fourth-order valence-electron chi connectivity index (χ4n) is 5.75. The number of carboxylic acids is 1. The molecular weight excluding hydrogens is 562 g/mol. The topological polar surface area (TPSA) is 98.0 Å². The van der Waals surface area contributed by atoms with Crippen molar-refractivity contribution in [2.75, 3.05) is 52.7 Å². The first-order valence-electron chi connectivity index (χ1n) is 14.6. The van der Waals surface area contributed by atoms with Crippen LogP contribution in [0.4, 0.5) is 4.79 Å². The van der Waals surface area contributed by atoms with Crippen molar-refractivity contribution in [2.45, 2.75) is 49.2 Å². The zero-order valence-electron chi connectivity index (χ0n) is 25.6. The number of aliphatic imine (C=N–C) groups is 2. The number of ether oxygens (including phenoxy) is 1. The van der Waals surface area contributed by atoms with Gasteiger partial charge in [-0.3, -0.25) is 9.89 Å². The number of urea groups is 1. The van der Waals surface area contributed by atoms with Gasteiger partial charge in [0.05, 0.1) is 29.5 Å². The quantitative estimate of drug-likeness (QED) is 0.195. The predicted octanol–water partition coefficient (Wildman–Crippen LogP) is 5.50. The number of methoxy groups -OCH3 is 1. The minimum Gasteiger partial charge on any atom is -0.478 e. The van der Waals surface area contributed by atoms with Crippen LogP contribution in [0.5, 0.6) is 0 Å². The zero-order valence-corrected chi connectivity index (χ0v) is 26.4. The van der Waals surface area contributed by atoms with Gasteiger partial charge in [0.2, 0.25) is 0 Å². The third-order valence-corrected chi connectivity index (χ3v) is 9.06. The van der Waals surface area contributed by atoms with Gasteiger partial charge in [0, 0.05) is 57.5 Å². The second-order valence-electron chi connectivity index (χ2n) is 11.7. The van der Waals surface area contributed by atoms with Gasteiger partial charge in [0.25, 0.3) is 0 Å². The maximum absolute atomic E-state index is 13.8. The van der Waals surface area contributed by atoms with Crippen LogP contribution in [0, 0.1) is 0 Å². The number of aromatic carboxylic acids is 1. The summed E-state index contributed by atoms with van der Waals surface area (Å²) in [6, 6.07) is 17.4. The summed E-state index contributed by atoms with van der Waals surface area (Å²) in [5.41, 5.74) is 1.95. The Morgan fingerprint density at radius 2 is 1.81 bits per heavy atom. The SMILES string of the molecule is C=C(C=NC(CSc1ccc(C(=O)O)cc1)=NC)CN1CCC(N2C(=O)N(C(C)(C)COC)C[C@H]2c2ccccc2)CC1. The lowest BCUT2D eigenvalue weighted by molar-refractivity contribution is 0.0612. The smallest absolute Gasteiger partial charge is 0.335 e. The van der Waals surface area contributed by atoms with Gasteiger partial charge in [-0.2, -0.15) is 0 Å². The van der Waals surface area contributed by atoms with E-state index in [0.29, 0.717) is 31.3 Å². The number of carbonyl (C=O) groups is 2. The molecule has 2 aliphatic heterocycles. The molecule has 0 radical (unpaired) electrons. The van der Waals surface area contributed by atoms with Crippen molar-refractivity contribution >= 4 is 35.8 Å². The van der Waals surface area contributed by atoms with E-state index in [2.05, 4.69) is 52.3 Å².